The van der Waals surface area contributed by atoms with Gasteiger partial charge >= 0.3 is 0 Å². The van der Waals surface area contributed by atoms with Crippen LogP contribution in [0, 0.1) is 12.3 Å². The van der Waals surface area contributed by atoms with Gasteiger partial charge in [-0.15, -0.1) is 6.42 Å². The maximum Gasteiger partial charge on any atom is 0.225 e. The smallest absolute Gasteiger partial charge is 0.225 e. The van der Waals surface area contributed by atoms with Crippen LogP contribution in [0.1, 0.15) is 18.4 Å². The second kappa shape index (κ2) is 6.43. The summed E-state index contributed by atoms with van der Waals surface area (Å²) in [6.45, 7) is 0.705. The maximum atomic E-state index is 12.3. The quantitative estimate of drug-likeness (QED) is 0.852. The van der Waals surface area contributed by atoms with E-state index in [1.165, 1.54) is 0 Å². The molecule has 0 radical (unpaired) electrons. The Morgan fingerprint density at radius 1 is 1.59 bits per heavy atom. The molecule has 0 unspecified atom stereocenters. The summed E-state index contributed by atoms with van der Waals surface area (Å²) in [7, 11) is 0. The zero-order valence-electron chi connectivity index (χ0n) is 12.1. The van der Waals surface area contributed by atoms with Crippen LogP contribution in [0.2, 0.25) is 5.02 Å². The number of amides is 1. The molecule has 2 N–H and O–H groups in total. The molecule has 114 valence electrons. The Morgan fingerprint density at radius 3 is 3.18 bits per heavy atom. The van der Waals surface area contributed by atoms with Crippen LogP contribution in [0.4, 0.5) is 0 Å². The number of halogens is 1. The maximum absolute atomic E-state index is 12.3. The van der Waals surface area contributed by atoms with Crippen LogP contribution < -0.4 is 5.32 Å². The summed E-state index contributed by atoms with van der Waals surface area (Å²) in [5.74, 6) is 2.49. The first-order valence-electron chi connectivity index (χ1n) is 7.30. The van der Waals surface area contributed by atoms with Crippen molar-refractivity contribution < 1.29 is 9.53 Å². The van der Waals surface area contributed by atoms with E-state index in [1.54, 1.807) is 0 Å². The standard InChI is InChI=1S/C17H17ClN2O2/c1-2-13(15-7-4-8-22-15)20-16(21)9-11-10-19-14-6-3-5-12(18)17(11)14/h1,3,5-6,10,13,15,19H,4,7-9H2,(H,20,21)/t13-,15+/m1/s1. The number of ether oxygens (including phenoxy) is 1. The molecule has 2 atom stereocenters. The minimum atomic E-state index is -0.379. The molecule has 1 aliphatic heterocycles. The summed E-state index contributed by atoms with van der Waals surface area (Å²) in [5.41, 5.74) is 1.78. The zero-order chi connectivity index (χ0) is 15.5. The van der Waals surface area contributed by atoms with Gasteiger partial charge in [0.25, 0.3) is 0 Å². The summed E-state index contributed by atoms with van der Waals surface area (Å²) in [6, 6.07) is 5.24. The van der Waals surface area contributed by atoms with Gasteiger partial charge in [0.05, 0.1) is 17.5 Å². The third-order valence-corrected chi connectivity index (χ3v) is 4.24. The Kier molecular flexibility index (Phi) is 4.37. The number of aromatic nitrogens is 1. The molecule has 1 saturated heterocycles. The van der Waals surface area contributed by atoms with E-state index in [0.29, 0.717) is 11.6 Å². The van der Waals surface area contributed by atoms with Crippen molar-refractivity contribution >= 4 is 28.4 Å². The van der Waals surface area contributed by atoms with Crippen LogP contribution in [0.3, 0.4) is 0 Å². The van der Waals surface area contributed by atoms with Crippen LogP contribution in [0.25, 0.3) is 10.9 Å². The molecule has 0 spiro atoms. The molecule has 5 heteroatoms. The van der Waals surface area contributed by atoms with E-state index in [-0.39, 0.29) is 24.5 Å². The van der Waals surface area contributed by atoms with Crippen molar-refractivity contribution in [2.75, 3.05) is 6.61 Å². The molecule has 3 rings (SSSR count). The van der Waals surface area contributed by atoms with E-state index in [4.69, 9.17) is 22.8 Å². The van der Waals surface area contributed by atoms with E-state index < -0.39 is 0 Å². The Bertz CT molecular complexity index is 726. The lowest BCUT2D eigenvalue weighted by Gasteiger charge is -2.19. The van der Waals surface area contributed by atoms with Crippen LogP contribution in [-0.4, -0.2) is 29.6 Å². The van der Waals surface area contributed by atoms with E-state index in [2.05, 4.69) is 16.2 Å². The zero-order valence-corrected chi connectivity index (χ0v) is 12.8. The topological polar surface area (TPSA) is 54.1 Å². The Hall–Kier alpha value is -1.96. The van der Waals surface area contributed by atoms with Gasteiger partial charge < -0.3 is 15.0 Å². The minimum Gasteiger partial charge on any atom is -0.375 e. The first-order valence-corrected chi connectivity index (χ1v) is 7.68. The van der Waals surface area contributed by atoms with Crippen molar-refractivity contribution in [3.05, 3.63) is 35.0 Å². The van der Waals surface area contributed by atoms with E-state index in [9.17, 15) is 4.79 Å². The largest absolute Gasteiger partial charge is 0.375 e. The summed E-state index contributed by atoms with van der Waals surface area (Å²) in [6.07, 6.45) is 9.34. The molecular formula is C17H17ClN2O2. The Labute approximate surface area is 134 Å². The highest BCUT2D eigenvalue weighted by atomic mass is 35.5. The molecule has 0 bridgehead atoms. The average Bonchev–Trinajstić information content (AvgIpc) is 3.15. The van der Waals surface area contributed by atoms with Crippen LogP contribution >= 0.6 is 11.6 Å². The fraction of sp³-hybridized carbons (Fsp3) is 0.353. The molecule has 1 aromatic heterocycles. The Balaban J connectivity index is 1.72. The number of hydrogen-bond acceptors (Lipinski definition) is 2. The molecule has 1 amide bonds. The number of hydrogen-bond donors (Lipinski definition) is 2. The fourth-order valence-electron chi connectivity index (χ4n) is 2.85. The predicted molar refractivity (Wildman–Crippen MR) is 86.8 cm³/mol. The van der Waals surface area contributed by atoms with Gasteiger partial charge in [0.1, 0.15) is 6.04 Å². The van der Waals surface area contributed by atoms with Crippen LogP contribution in [-0.2, 0) is 16.0 Å². The molecular weight excluding hydrogens is 300 g/mol. The molecule has 1 aromatic carbocycles. The van der Waals surface area contributed by atoms with Crippen LogP contribution in [0.15, 0.2) is 24.4 Å². The summed E-state index contributed by atoms with van der Waals surface area (Å²) < 4.78 is 5.55. The number of nitrogens with one attached hydrogen (secondary N) is 2. The van der Waals surface area contributed by atoms with Gasteiger partial charge in [0.15, 0.2) is 0 Å². The third kappa shape index (κ3) is 2.96. The first-order chi connectivity index (χ1) is 10.7. The SMILES string of the molecule is C#C[C@@H](NC(=O)Cc1c[nH]c2cccc(Cl)c12)[C@@H]1CCCO1. The predicted octanol–water partition coefficient (Wildman–Crippen LogP) is 2.66. The van der Waals surface area contributed by atoms with Gasteiger partial charge in [-0.1, -0.05) is 23.6 Å². The monoisotopic (exact) mass is 316 g/mol. The lowest BCUT2D eigenvalue weighted by atomic mass is 10.1. The van der Waals surface area contributed by atoms with E-state index in [1.807, 2.05) is 24.4 Å². The van der Waals surface area contributed by atoms with Gasteiger partial charge in [-0.25, -0.2) is 0 Å². The lowest BCUT2D eigenvalue weighted by Crippen LogP contribution is -2.42. The lowest BCUT2D eigenvalue weighted by molar-refractivity contribution is -0.121. The molecule has 1 aliphatic rings. The van der Waals surface area contributed by atoms with Crippen molar-refractivity contribution in [3.8, 4) is 12.3 Å². The number of fused-ring (bicyclic) bond motifs is 1. The molecule has 2 heterocycles. The second-order valence-electron chi connectivity index (χ2n) is 5.42. The van der Waals surface area contributed by atoms with Crippen molar-refractivity contribution in [3.63, 3.8) is 0 Å². The van der Waals surface area contributed by atoms with Crippen molar-refractivity contribution in [2.45, 2.75) is 31.4 Å². The van der Waals surface area contributed by atoms with Gasteiger partial charge in [-0.3, -0.25) is 4.79 Å². The number of terminal acetylenes is 1. The van der Waals surface area contributed by atoms with Crippen molar-refractivity contribution in [1.29, 1.82) is 0 Å². The summed E-state index contributed by atoms with van der Waals surface area (Å²) >= 11 is 6.22. The number of carbonyl (C=O) groups excluding carboxylic acids is 1. The summed E-state index contributed by atoms with van der Waals surface area (Å²) in [4.78, 5) is 15.4. The number of carbonyl (C=O) groups is 1. The van der Waals surface area contributed by atoms with Crippen LogP contribution in [0.5, 0.6) is 0 Å². The molecule has 0 aliphatic carbocycles. The molecule has 22 heavy (non-hydrogen) atoms. The molecule has 0 saturated carbocycles. The second-order valence-corrected chi connectivity index (χ2v) is 5.82. The number of H-pyrrole nitrogens is 1. The van der Waals surface area contributed by atoms with Gasteiger partial charge in [0.2, 0.25) is 5.91 Å². The molecule has 2 aromatic rings. The fourth-order valence-corrected chi connectivity index (χ4v) is 3.15. The number of benzene rings is 1. The van der Waals surface area contributed by atoms with Gasteiger partial charge in [-0.2, -0.15) is 0 Å². The highest BCUT2D eigenvalue weighted by Crippen LogP contribution is 2.26. The van der Waals surface area contributed by atoms with E-state index >= 15 is 0 Å². The number of aromatic amines is 1. The van der Waals surface area contributed by atoms with Crippen molar-refractivity contribution in [2.24, 2.45) is 0 Å². The molecule has 1 fully saturated rings. The number of rotatable bonds is 4. The van der Waals surface area contributed by atoms with Gasteiger partial charge in [0, 0.05) is 23.7 Å². The van der Waals surface area contributed by atoms with Crippen molar-refractivity contribution in [1.82, 2.24) is 10.3 Å². The van der Waals surface area contributed by atoms with E-state index in [0.717, 1.165) is 29.3 Å². The Morgan fingerprint density at radius 2 is 2.45 bits per heavy atom. The third-order valence-electron chi connectivity index (χ3n) is 3.92. The minimum absolute atomic E-state index is 0.0829. The normalized spacial score (nSPS) is 19.0. The molecule has 4 nitrogen and oxygen atoms in total. The first kappa shape index (κ1) is 15.0. The highest BCUT2D eigenvalue weighted by Gasteiger charge is 2.26. The van der Waals surface area contributed by atoms with Gasteiger partial charge in [-0.05, 0) is 30.5 Å². The highest BCUT2D eigenvalue weighted by molar-refractivity contribution is 6.35. The average molecular weight is 317 g/mol. The summed E-state index contributed by atoms with van der Waals surface area (Å²) in [5, 5.41) is 4.39.